The summed E-state index contributed by atoms with van der Waals surface area (Å²) in [6.07, 6.45) is 0.816. The van der Waals surface area contributed by atoms with Gasteiger partial charge in [0.15, 0.2) is 12.0 Å². The van der Waals surface area contributed by atoms with Crippen molar-refractivity contribution in [2.75, 3.05) is 12.3 Å². The van der Waals surface area contributed by atoms with Crippen LogP contribution in [0.5, 0.6) is 5.75 Å². The van der Waals surface area contributed by atoms with Gasteiger partial charge in [-0.15, -0.1) is 11.3 Å². The zero-order valence-electron chi connectivity index (χ0n) is 9.77. The average molecular weight is 326 g/mol. The Morgan fingerprint density at radius 3 is 2.89 bits per heavy atom. The number of ether oxygens (including phenoxy) is 1. The molecule has 0 aliphatic rings. The highest BCUT2D eigenvalue weighted by Crippen LogP contribution is 2.45. The minimum Gasteiger partial charge on any atom is -0.491 e. The molecule has 0 bridgehead atoms. The van der Waals surface area contributed by atoms with E-state index in [9.17, 15) is 4.79 Å². The van der Waals surface area contributed by atoms with Crippen LogP contribution in [-0.2, 0) is 0 Å². The molecule has 94 valence electrons. The molecule has 0 saturated heterocycles. The Balaban J connectivity index is 2.55. The van der Waals surface area contributed by atoms with Gasteiger partial charge >= 0.3 is 0 Å². The van der Waals surface area contributed by atoms with Crippen LogP contribution in [0, 0.1) is 0 Å². The molecule has 0 aliphatic carbocycles. The molecule has 2 N–H and O–H groups in total. The molecule has 0 unspecified atom stereocenters. The molecule has 5 heteroatoms. The maximum Gasteiger partial charge on any atom is 0.163 e. The second kappa shape index (κ2) is 5.54. The number of hydrogen-bond donors (Lipinski definition) is 1. The molecule has 0 aliphatic heterocycles. The molecule has 0 radical (unpaired) electrons. The summed E-state index contributed by atoms with van der Waals surface area (Å²) >= 11 is 4.88. The number of nitrogens with two attached hydrogens (primary N) is 1. The van der Waals surface area contributed by atoms with Crippen molar-refractivity contribution in [2.24, 2.45) is 0 Å². The first-order valence-electron chi connectivity index (χ1n) is 5.43. The third kappa shape index (κ3) is 2.42. The van der Waals surface area contributed by atoms with E-state index >= 15 is 0 Å². The molecule has 1 aromatic heterocycles. The Morgan fingerprint density at radius 2 is 2.28 bits per heavy atom. The number of anilines is 1. The second-order valence-electron chi connectivity index (χ2n) is 3.61. The van der Waals surface area contributed by atoms with Gasteiger partial charge in [0, 0.05) is 5.69 Å². The Bertz CT molecular complexity index is 580. The number of carbonyl (C=O) groups excluding carboxylic acids is 1. The summed E-state index contributed by atoms with van der Waals surface area (Å²) in [5.41, 5.74) is 7.44. The van der Waals surface area contributed by atoms with E-state index in [4.69, 9.17) is 10.5 Å². The highest BCUT2D eigenvalue weighted by atomic mass is 79.9. The molecule has 0 saturated carbocycles. The number of thiophene rings is 1. The zero-order chi connectivity index (χ0) is 13.1. The Kier molecular flexibility index (Phi) is 4.04. The van der Waals surface area contributed by atoms with Crippen LogP contribution in [0.4, 0.5) is 5.69 Å². The predicted molar refractivity (Wildman–Crippen MR) is 78.4 cm³/mol. The molecule has 0 atom stereocenters. The first-order valence-corrected chi connectivity index (χ1v) is 7.04. The van der Waals surface area contributed by atoms with E-state index in [-0.39, 0.29) is 0 Å². The van der Waals surface area contributed by atoms with E-state index in [1.54, 1.807) is 0 Å². The monoisotopic (exact) mass is 325 g/mol. The van der Waals surface area contributed by atoms with Gasteiger partial charge in [0.05, 0.1) is 16.0 Å². The first kappa shape index (κ1) is 13.1. The fourth-order valence-corrected chi connectivity index (χ4v) is 3.51. The van der Waals surface area contributed by atoms with Crippen molar-refractivity contribution in [3.8, 4) is 16.2 Å². The number of benzene rings is 1. The molecule has 0 fully saturated rings. The summed E-state index contributed by atoms with van der Waals surface area (Å²) in [6.45, 7) is 2.41. The van der Waals surface area contributed by atoms with Crippen molar-refractivity contribution in [1.29, 1.82) is 0 Å². The normalized spacial score (nSPS) is 10.3. The number of nitrogen functional groups attached to an aromatic ring is 1. The summed E-state index contributed by atoms with van der Waals surface area (Å²) in [5.74, 6) is 0.606. The molecule has 2 aromatic rings. The maximum absolute atomic E-state index is 11.1. The van der Waals surface area contributed by atoms with Crippen LogP contribution in [0.3, 0.4) is 0 Å². The van der Waals surface area contributed by atoms with E-state index in [2.05, 4.69) is 15.9 Å². The van der Waals surface area contributed by atoms with E-state index in [1.807, 2.05) is 31.2 Å². The average Bonchev–Trinajstić information content (AvgIpc) is 2.67. The van der Waals surface area contributed by atoms with Gasteiger partial charge in [0.2, 0.25) is 0 Å². The third-order valence-corrected chi connectivity index (χ3v) is 4.54. The van der Waals surface area contributed by atoms with Gasteiger partial charge < -0.3 is 10.5 Å². The lowest BCUT2D eigenvalue weighted by Crippen LogP contribution is -1.92. The minimum atomic E-state index is 0.520. The minimum absolute atomic E-state index is 0.520. The number of aldehydes is 1. The highest BCUT2D eigenvalue weighted by Gasteiger charge is 2.18. The lowest BCUT2D eigenvalue weighted by Gasteiger charge is -2.03. The molecule has 0 spiro atoms. The third-order valence-electron chi connectivity index (χ3n) is 2.38. The van der Waals surface area contributed by atoms with Crippen LogP contribution < -0.4 is 10.5 Å². The standard InChI is InChI=1S/C13H12BrNO2S/c1-2-17-12-10(7-16)18-13(11(12)14)8-4-3-5-9(15)6-8/h3-7H,2,15H2,1H3. The lowest BCUT2D eigenvalue weighted by molar-refractivity contribution is 0.112. The van der Waals surface area contributed by atoms with Gasteiger partial charge in [0.1, 0.15) is 4.88 Å². The van der Waals surface area contributed by atoms with Crippen LogP contribution in [0.1, 0.15) is 16.6 Å². The fraction of sp³-hybridized carbons (Fsp3) is 0.154. The summed E-state index contributed by atoms with van der Waals surface area (Å²) in [4.78, 5) is 12.6. The van der Waals surface area contributed by atoms with E-state index in [0.29, 0.717) is 22.9 Å². The summed E-state index contributed by atoms with van der Waals surface area (Å²) in [7, 11) is 0. The number of carbonyl (C=O) groups is 1. The van der Waals surface area contributed by atoms with Crippen molar-refractivity contribution in [3.63, 3.8) is 0 Å². The molecule has 0 amide bonds. The van der Waals surface area contributed by atoms with Crippen LogP contribution >= 0.6 is 27.3 Å². The largest absolute Gasteiger partial charge is 0.491 e. The van der Waals surface area contributed by atoms with Crippen LogP contribution in [0.2, 0.25) is 0 Å². The van der Waals surface area contributed by atoms with Gasteiger partial charge in [-0.3, -0.25) is 4.79 Å². The SMILES string of the molecule is CCOc1c(C=O)sc(-c2cccc(N)c2)c1Br. The quantitative estimate of drug-likeness (QED) is 0.683. The smallest absolute Gasteiger partial charge is 0.163 e. The van der Waals surface area contributed by atoms with Gasteiger partial charge in [-0.25, -0.2) is 0 Å². The van der Waals surface area contributed by atoms with Crippen molar-refractivity contribution >= 4 is 39.2 Å². The molecule has 3 nitrogen and oxygen atoms in total. The van der Waals surface area contributed by atoms with Crippen LogP contribution in [0.15, 0.2) is 28.7 Å². The molecular formula is C13H12BrNO2S. The van der Waals surface area contributed by atoms with Crippen LogP contribution in [0.25, 0.3) is 10.4 Å². The summed E-state index contributed by atoms with van der Waals surface area (Å²) < 4.78 is 6.30. The maximum atomic E-state index is 11.1. The molecule has 1 aromatic carbocycles. The van der Waals surface area contributed by atoms with E-state index < -0.39 is 0 Å². The van der Waals surface area contributed by atoms with Gasteiger partial charge in [-0.1, -0.05) is 12.1 Å². The van der Waals surface area contributed by atoms with Crippen molar-refractivity contribution < 1.29 is 9.53 Å². The van der Waals surface area contributed by atoms with Gasteiger partial charge in [-0.2, -0.15) is 0 Å². The van der Waals surface area contributed by atoms with Crippen molar-refractivity contribution in [3.05, 3.63) is 33.6 Å². The van der Waals surface area contributed by atoms with Crippen molar-refractivity contribution in [1.82, 2.24) is 0 Å². The van der Waals surface area contributed by atoms with Gasteiger partial charge in [-0.05, 0) is 40.5 Å². The van der Waals surface area contributed by atoms with Crippen LogP contribution in [-0.4, -0.2) is 12.9 Å². The van der Waals surface area contributed by atoms with Crippen molar-refractivity contribution in [2.45, 2.75) is 6.92 Å². The number of halogens is 1. The highest BCUT2D eigenvalue weighted by molar-refractivity contribution is 9.10. The Morgan fingerprint density at radius 1 is 1.50 bits per heavy atom. The Labute approximate surface area is 118 Å². The van der Waals surface area contributed by atoms with E-state index in [0.717, 1.165) is 21.2 Å². The zero-order valence-corrected chi connectivity index (χ0v) is 12.2. The second-order valence-corrected chi connectivity index (χ2v) is 5.46. The summed E-state index contributed by atoms with van der Waals surface area (Å²) in [6, 6.07) is 7.55. The first-order chi connectivity index (χ1) is 8.67. The Hall–Kier alpha value is -1.33. The lowest BCUT2D eigenvalue weighted by atomic mass is 10.1. The molecular weight excluding hydrogens is 314 g/mol. The summed E-state index contributed by atoms with van der Waals surface area (Å²) in [5, 5.41) is 0. The molecule has 1 heterocycles. The topological polar surface area (TPSA) is 52.3 Å². The molecule has 2 rings (SSSR count). The fourth-order valence-electron chi connectivity index (χ4n) is 1.63. The number of rotatable bonds is 4. The molecule has 18 heavy (non-hydrogen) atoms. The van der Waals surface area contributed by atoms with E-state index in [1.165, 1.54) is 11.3 Å². The van der Waals surface area contributed by atoms with Gasteiger partial charge in [0.25, 0.3) is 0 Å². The predicted octanol–water partition coefficient (Wildman–Crippen LogP) is 3.97. The number of hydrogen-bond acceptors (Lipinski definition) is 4.